The molecule has 0 fully saturated rings. The van der Waals surface area contributed by atoms with Gasteiger partial charge < -0.3 is 10.4 Å². The zero-order valence-corrected chi connectivity index (χ0v) is 10.1. The summed E-state index contributed by atoms with van der Waals surface area (Å²) in [7, 11) is 0. The van der Waals surface area contributed by atoms with E-state index < -0.39 is 16.6 Å². The number of aromatic hydroxyl groups is 1. The van der Waals surface area contributed by atoms with Crippen LogP contribution in [0.5, 0.6) is 5.88 Å². The number of anilines is 2. The standard InChI is InChI=1S/C11H7ClFN3O3/c12-10-6(13)2-1-3-7(10)14-11-8(16(18)19)4-5-9(17)15-11/h1-5H,(H2,14,15,17). The zero-order chi connectivity index (χ0) is 14.0. The maximum atomic E-state index is 13.2. The molecule has 0 aliphatic heterocycles. The van der Waals surface area contributed by atoms with Gasteiger partial charge in [-0.05, 0) is 12.1 Å². The maximum Gasteiger partial charge on any atom is 0.311 e. The first-order chi connectivity index (χ1) is 8.99. The highest BCUT2D eigenvalue weighted by Crippen LogP contribution is 2.31. The van der Waals surface area contributed by atoms with Gasteiger partial charge in [0.05, 0.1) is 15.6 Å². The fourth-order valence-corrected chi connectivity index (χ4v) is 1.58. The van der Waals surface area contributed by atoms with Gasteiger partial charge in [-0.1, -0.05) is 17.7 Å². The van der Waals surface area contributed by atoms with Gasteiger partial charge in [0.1, 0.15) is 5.82 Å². The molecule has 0 spiro atoms. The third-order valence-corrected chi connectivity index (χ3v) is 2.64. The summed E-state index contributed by atoms with van der Waals surface area (Å²) in [4.78, 5) is 13.7. The number of halogens is 2. The Morgan fingerprint density at radius 2 is 2.11 bits per heavy atom. The Morgan fingerprint density at radius 3 is 2.79 bits per heavy atom. The molecular formula is C11H7ClFN3O3. The molecule has 2 aromatic rings. The van der Waals surface area contributed by atoms with Crippen molar-refractivity contribution in [2.75, 3.05) is 5.32 Å². The van der Waals surface area contributed by atoms with Crippen LogP contribution in [0, 0.1) is 15.9 Å². The van der Waals surface area contributed by atoms with Crippen molar-refractivity contribution in [3.8, 4) is 5.88 Å². The molecule has 0 aliphatic carbocycles. The minimum Gasteiger partial charge on any atom is -0.493 e. The summed E-state index contributed by atoms with van der Waals surface area (Å²) in [6, 6.07) is 6.13. The van der Waals surface area contributed by atoms with Gasteiger partial charge in [-0.25, -0.2) is 4.39 Å². The molecule has 2 N–H and O–H groups in total. The van der Waals surface area contributed by atoms with Gasteiger partial charge >= 0.3 is 5.69 Å². The van der Waals surface area contributed by atoms with E-state index in [0.29, 0.717) is 0 Å². The molecule has 1 heterocycles. The Morgan fingerprint density at radius 1 is 1.37 bits per heavy atom. The van der Waals surface area contributed by atoms with Crippen molar-refractivity contribution in [3.63, 3.8) is 0 Å². The number of hydrogen-bond acceptors (Lipinski definition) is 5. The van der Waals surface area contributed by atoms with Crippen molar-refractivity contribution in [2.24, 2.45) is 0 Å². The van der Waals surface area contributed by atoms with Crippen LogP contribution in [0.1, 0.15) is 0 Å². The van der Waals surface area contributed by atoms with E-state index in [1.54, 1.807) is 0 Å². The number of nitrogens with zero attached hydrogens (tertiary/aromatic N) is 2. The second-order valence-corrected chi connectivity index (χ2v) is 3.90. The molecule has 1 aromatic heterocycles. The largest absolute Gasteiger partial charge is 0.493 e. The lowest BCUT2D eigenvalue weighted by molar-refractivity contribution is -0.384. The van der Waals surface area contributed by atoms with Crippen LogP contribution in [0.25, 0.3) is 0 Å². The van der Waals surface area contributed by atoms with Gasteiger partial charge in [0.25, 0.3) is 0 Å². The molecule has 19 heavy (non-hydrogen) atoms. The maximum absolute atomic E-state index is 13.2. The lowest BCUT2D eigenvalue weighted by atomic mass is 10.3. The molecule has 98 valence electrons. The number of hydrogen-bond donors (Lipinski definition) is 2. The zero-order valence-electron chi connectivity index (χ0n) is 9.30. The average Bonchev–Trinajstić information content (AvgIpc) is 2.35. The minimum atomic E-state index is -0.679. The monoisotopic (exact) mass is 283 g/mol. The molecule has 0 unspecified atom stereocenters. The molecule has 6 nitrogen and oxygen atoms in total. The lowest BCUT2D eigenvalue weighted by Gasteiger charge is -2.08. The van der Waals surface area contributed by atoms with E-state index in [2.05, 4.69) is 10.3 Å². The number of nitro groups is 1. The molecule has 0 radical (unpaired) electrons. The SMILES string of the molecule is O=[N+]([O-])c1ccc(O)nc1Nc1cccc(F)c1Cl. The van der Waals surface area contributed by atoms with Crippen LogP contribution in [-0.4, -0.2) is 15.0 Å². The van der Waals surface area contributed by atoms with Crippen LogP contribution in [0.3, 0.4) is 0 Å². The third kappa shape index (κ3) is 2.71. The molecule has 0 saturated carbocycles. The Hall–Kier alpha value is -2.41. The summed E-state index contributed by atoms with van der Waals surface area (Å²) in [6.07, 6.45) is 0. The molecule has 0 aliphatic rings. The van der Waals surface area contributed by atoms with Crippen LogP contribution in [0.15, 0.2) is 30.3 Å². The first kappa shape index (κ1) is 13.0. The van der Waals surface area contributed by atoms with Crippen LogP contribution in [0.4, 0.5) is 21.6 Å². The topological polar surface area (TPSA) is 88.3 Å². The van der Waals surface area contributed by atoms with E-state index >= 15 is 0 Å². The second kappa shape index (κ2) is 5.07. The van der Waals surface area contributed by atoms with E-state index in [0.717, 1.165) is 18.2 Å². The quantitative estimate of drug-likeness (QED) is 0.667. The van der Waals surface area contributed by atoms with E-state index in [-0.39, 0.29) is 22.2 Å². The first-order valence-corrected chi connectivity index (χ1v) is 5.42. The molecular weight excluding hydrogens is 277 g/mol. The van der Waals surface area contributed by atoms with Crippen molar-refractivity contribution in [2.45, 2.75) is 0 Å². The first-order valence-electron chi connectivity index (χ1n) is 5.04. The minimum absolute atomic E-state index is 0.114. The third-order valence-electron chi connectivity index (χ3n) is 2.26. The Kier molecular flexibility index (Phi) is 3.48. The number of nitrogens with one attached hydrogen (secondary N) is 1. The molecule has 2 rings (SSSR count). The van der Waals surface area contributed by atoms with Crippen molar-refractivity contribution >= 4 is 28.8 Å². The van der Waals surface area contributed by atoms with Crippen molar-refractivity contribution < 1.29 is 14.4 Å². The summed E-state index contributed by atoms with van der Waals surface area (Å²) in [5.41, 5.74) is -0.249. The number of pyridine rings is 1. The van der Waals surface area contributed by atoms with Gasteiger partial charge in [-0.2, -0.15) is 4.98 Å². The van der Waals surface area contributed by atoms with E-state index in [1.165, 1.54) is 12.1 Å². The average molecular weight is 284 g/mol. The van der Waals surface area contributed by atoms with Crippen molar-refractivity contribution in [1.29, 1.82) is 0 Å². The molecule has 0 saturated heterocycles. The smallest absolute Gasteiger partial charge is 0.311 e. The van der Waals surface area contributed by atoms with Gasteiger partial charge in [-0.3, -0.25) is 10.1 Å². The number of aromatic nitrogens is 1. The van der Waals surface area contributed by atoms with E-state index in [9.17, 15) is 19.6 Å². The highest BCUT2D eigenvalue weighted by molar-refractivity contribution is 6.33. The fraction of sp³-hybridized carbons (Fsp3) is 0. The van der Waals surface area contributed by atoms with E-state index in [4.69, 9.17) is 11.6 Å². The summed E-state index contributed by atoms with van der Waals surface area (Å²) < 4.78 is 13.2. The van der Waals surface area contributed by atoms with Gasteiger partial charge in [0.2, 0.25) is 11.7 Å². The van der Waals surface area contributed by atoms with Gasteiger partial charge in [-0.15, -0.1) is 0 Å². The van der Waals surface area contributed by atoms with Crippen LogP contribution >= 0.6 is 11.6 Å². The Bertz CT molecular complexity index is 651. The summed E-state index contributed by atoms with van der Waals surface area (Å²) in [5, 5.41) is 22.4. The lowest BCUT2D eigenvalue weighted by Crippen LogP contribution is -2.00. The summed E-state index contributed by atoms with van der Waals surface area (Å²) in [5.74, 6) is -1.30. The van der Waals surface area contributed by atoms with Crippen molar-refractivity contribution in [1.82, 2.24) is 4.98 Å². The Balaban J connectivity index is 2.45. The fourth-order valence-electron chi connectivity index (χ4n) is 1.41. The summed E-state index contributed by atoms with van der Waals surface area (Å²) in [6.45, 7) is 0. The van der Waals surface area contributed by atoms with Crippen LogP contribution < -0.4 is 5.32 Å². The number of benzene rings is 1. The van der Waals surface area contributed by atoms with Crippen LogP contribution in [0.2, 0.25) is 5.02 Å². The highest BCUT2D eigenvalue weighted by Gasteiger charge is 2.17. The predicted octanol–water partition coefficient (Wildman–Crippen LogP) is 3.23. The van der Waals surface area contributed by atoms with Gasteiger partial charge in [0.15, 0.2) is 0 Å². The highest BCUT2D eigenvalue weighted by atomic mass is 35.5. The number of rotatable bonds is 3. The second-order valence-electron chi connectivity index (χ2n) is 3.52. The normalized spacial score (nSPS) is 10.2. The summed E-state index contributed by atoms with van der Waals surface area (Å²) >= 11 is 5.72. The van der Waals surface area contributed by atoms with Crippen LogP contribution in [-0.2, 0) is 0 Å². The molecule has 0 amide bonds. The molecule has 1 aromatic carbocycles. The predicted molar refractivity (Wildman–Crippen MR) is 67.2 cm³/mol. The molecule has 0 bridgehead atoms. The van der Waals surface area contributed by atoms with E-state index in [1.807, 2.05) is 0 Å². The van der Waals surface area contributed by atoms with Crippen molar-refractivity contribution in [3.05, 3.63) is 51.3 Å². The molecule has 8 heteroatoms. The van der Waals surface area contributed by atoms with Gasteiger partial charge in [0, 0.05) is 12.1 Å². The molecule has 0 atom stereocenters. The Labute approximate surface area is 111 Å².